The lowest BCUT2D eigenvalue weighted by atomic mass is 10.2. The van der Waals surface area contributed by atoms with E-state index in [4.69, 9.17) is 5.14 Å². The first-order chi connectivity index (χ1) is 9.21. The summed E-state index contributed by atoms with van der Waals surface area (Å²) in [5, 5.41) is 11.6. The van der Waals surface area contributed by atoms with Gasteiger partial charge in [-0.05, 0) is 32.0 Å². The number of hydrogen-bond donors (Lipinski definition) is 1. The third kappa shape index (κ3) is 2.54. The molecule has 0 spiro atoms. The number of aromatic nitrogens is 3. The Morgan fingerprint density at radius 1 is 1.25 bits per heavy atom. The average molecular weight is 302 g/mol. The summed E-state index contributed by atoms with van der Waals surface area (Å²) in [5.41, 5.74) is -0.180. The molecule has 2 N–H and O–H groups in total. The molecule has 20 heavy (non-hydrogen) atoms. The van der Waals surface area contributed by atoms with Crippen LogP contribution < -0.4 is 5.14 Å². The van der Waals surface area contributed by atoms with E-state index in [-0.39, 0.29) is 11.4 Å². The highest BCUT2D eigenvalue weighted by Crippen LogP contribution is 2.26. The maximum atomic E-state index is 13.8. The molecule has 0 unspecified atom stereocenters. The largest absolute Gasteiger partial charge is 0.294 e. The Kier molecular flexibility index (Phi) is 3.57. The van der Waals surface area contributed by atoms with Crippen molar-refractivity contribution in [2.24, 2.45) is 5.14 Å². The van der Waals surface area contributed by atoms with Crippen molar-refractivity contribution < 1.29 is 17.2 Å². The van der Waals surface area contributed by atoms with E-state index in [1.165, 1.54) is 0 Å². The van der Waals surface area contributed by atoms with Crippen LogP contribution in [0.1, 0.15) is 19.9 Å². The maximum absolute atomic E-state index is 13.8. The van der Waals surface area contributed by atoms with Gasteiger partial charge in [0.1, 0.15) is 11.6 Å². The minimum Gasteiger partial charge on any atom is -0.294 e. The molecule has 6 nitrogen and oxygen atoms in total. The van der Waals surface area contributed by atoms with Gasteiger partial charge in [0.15, 0.2) is 5.82 Å². The normalized spacial score (nSPS) is 12.1. The van der Waals surface area contributed by atoms with Crippen molar-refractivity contribution in [3.8, 4) is 11.4 Å². The van der Waals surface area contributed by atoms with E-state index in [9.17, 15) is 17.2 Å². The van der Waals surface area contributed by atoms with Crippen molar-refractivity contribution >= 4 is 10.0 Å². The Hall–Kier alpha value is -1.87. The molecule has 0 radical (unpaired) electrons. The molecule has 0 saturated heterocycles. The molecule has 0 amide bonds. The van der Waals surface area contributed by atoms with E-state index in [1.54, 1.807) is 13.8 Å². The summed E-state index contributed by atoms with van der Waals surface area (Å²) in [5.74, 6) is -1.50. The number of halogens is 2. The first kappa shape index (κ1) is 14.5. The molecule has 9 heteroatoms. The van der Waals surface area contributed by atoms with Crippen LogP contribution in [0, 0.1) is 11.6 Å². The van der Waals surface area contributed by atoms with Gasteiger partial charge in [0.2, 0.25) is 0 Å². The highest BCUT2D eigenvalue weighted by Gasteiger charge is 2.25. The van der Waals surface area contributed by atoms with Crippen molar-refractivity contribution in [3.63, 3.8) is 0 Å². The first-order valence-corrected chi connectivity index (χ1v) is 7.19. The summed E-state index contributed by atoms with van der Waals surface area (Å²) in [4.78, 5) is 0. The smallest absolute Gasteiger partial charge is 0.273 e. The van der Waals surface area contributed by atoms with E-state index < -0.39 is 32.9 Å². The van der Waals surface area contributed by atoms with Crippen LogP contribution in [0.4, 0.5) is 8.78 Å². The molecular weight excluding hydrogens is 290 g/mol. The van der Waals surface area contributed by atoms with E-state index in [0.29, 0.717) is 0 Å². The number of primary sulfonamides is 1. The summed E-state index contributed by atoms with van der Waals surface area (Å²) in [6.07, 6.45) is 0. The predicted octanol–water partition coefficient (Wildman–Crippen LogP) is 1.45. The molecule has 108 valence electrons. The van der Waals surface area contributed by atoms with Crippen molar-refractivity contribution in [3.05, 3.63) is 29.8 Å². The Balaban J connectivity index is 2.76. The lowest BCUT2D eigenvalue weighted by Gasteiger charge is -2.13. The topological polar surface area (TPSA) is 90.9 Å². The summed E-state index contributed by atoms with van der Waals surface area (Å²) in [6, 6.07) is 2.40. The zero-order valence-electron chi connectivity index (χ0n) is 10.7. The third-order valence-electron chi connectivity index (χ3n) is 2.60. The van der Waals surface area contributed by atoms with E-state index in [0.717, 1.165) is 22.8 Å². The number of nitrogens with two attached hydrogens (primary N) is 1. The van der Waals surface area contributed by atoms with Gasteiger partial charge in [-0.1, -0.05) is 0 Å². The van der Waals surface area contributed by atoms with Crippen LogP contribution in [0.5, 0.6) is 0 Å². The molecule has 0 aliphatic carbocycles. The zero-order chi connectivity index (χ0) is 15.1. The quantitative estimate of drug-likeness (QED) is 0.929. The van der Waals surface area contributed by atoms with Gasteiger partial charge in [-0.2, -0.15) is 0 Å². The number of nitrogens with zero attached hydrogens (tertiary/aromatic N) is 3. The molecule has 0 bridgehead atoms. The SMILES string of the molecule is CC(C)n1c(-c2cc(F)ccc2F)nnc1S(N)(=O)=O. The van der Waals surface area contributed by atoms with Crippen LogP contribution >= 0.6 is 0 Å². The molecule has 2 aromatic rings. The minimum absolute atomic E-state index is 0.0963. The monoisotopic (exact) mass is 302 g/mol. The molecule has 1 aromatic carbocycles. The second-order valence-electron chi connectivity index (χ2n) is 4.44. The fourth-order valence-electron chi connectivity index (χ4n) is 1.79. The number of hydrogen-bond acceptors (Lipinski definition) is 4. The van der Waals surface area contributed by atoms with Crippen molar-refractivity contribution in [2.75, 3.05) is 0 Å². The molecule has 0 saturated carbocycles. The minimum atomic E-state index is -4.12. The third-order valence-corrected chi connectivity index (χ3v) is 3.39. The van der Waals surface area contributed by atoms with Gasteiger partial charge in [0.05, 0.1) is 5.56 Å². The fourth-order valence-corrected chi connectivity index (χ4v) is 2.52. The maximum Gasteiger partial charge on any atom is 0.273 e. The average Bonchev–Trinajstić information content (AvgIpc) is 2.76. The van der Waals surface area contributed by atoms with Crippen molar-refractivity contribution in [2.45, 2.75) is 25.0 Å². The number of sulfonamides is 1. The summed E-state index contributed by atoms with van der Waals surface area (Å²) in [6.45, 7) is 3.30. The molecule has 0 fully saturated rings. The fraction of sp³-hybridized carbons (Fsp3) is 0.273. The van der Waals surface area contributed by atoms with Crippen molar-refractivity contribution in [1.29, 1.82) is 0 Å². The van der Waals surface area contributed by atoms with E-state index >= 15 is 0 Å². The Labute approximate surface area is 114 Å². The lowest BCUT2D eigenvalue weighted by Crippen LogP contribution is -2.20. The van der Waals surface area contributed by atoms with Crippen molar-refractivity contribution in [1.82, 2.24) is 14.8 Å². The van der Waals surface area contributed by atoms with Gasteiger partial charge in [-0.15, -0.1) is 10.2 Å². The van der Waals surface area contributed by atoms with Crippen LogP contribution in [0.15, 0.2) is 23.4 Å². The van der Waals surface area contributed by atoms with Gasteiger partial charge in [-0.3, -0.25) is 4.57 Å². The van der Waals surface area contributed by atoms with Crippen LogP contribution in [0.3, 0.4) is 0 Å². The van der Waals surface area contributed by atoms with E-state index in [2.05, 4.69) is 10.2 Å². The van der Waals surface area contributed by atoms with Crippen LogP contribution in [-0.4, -0.2) is 23.2 Å². The molecule has 0 atom stereocenters. The van der Waals surface area contributed by atoms with Gasteiger partial charge in [0, 0.05) is 6.04 Å². The number of benzene rings is 1. The summed E-state index contributed by atoms with van der Waals surface area (Å²) < 4.78 is 51.0. The van der Waals surface area contributed by atoms with Crippen LogP contribution in [-0.2, 0) is 10.0 Å². The molecule has 1 heterocycles. The lowest BCUT2D eigenvalue weighted by molar-refractivity contribution is 0.522. The van der Waals surface area contributed by atoms with Crippen LogP contribution in [0.2, 0.25) is 0 Å². The summed E-state index contributed by atoms with van der Waals surface area (Å²) >= 11 is 0. The zero-order valence-corrected chi connectivity index (χ0v) is 11.5. The molecular formula is C11H12F2N4O2S. The summed E-state index contributed by atoms with van der Waals surface area (Å²) in [7, 11) is -4.12. The highest BCUT2D eigenvalue weighted by atomic mass is 32.2. The van der Waals surface area contributed by atoms with E-state index in [1.807, 2.05) is 0 Å². The second-order valence-corrected chi connectivity index (χ2v) is 5.89. The second kappa shape index (κ2) is 4.91. The molecule has 2 rings (SSSR count). The van der Waals surface area contributed by atoms with Gasteiger partial charge >= 0.3 is 0 Å². The molecule has 1 aromatic heterocycles. The van der Waals surface area contributed by atoms with Gasteiger partial charge < -0.3 is 0 Å². The van der Waals surface area contributed by atoms with Gasteiger partial charge in [-0.25, -0.2) is 22.3 Å². The highest BCUT2D eigenvalue weighted by molar-refractivity contribution is 7.89. The first-order valence-electron chi connectivity index (χ1n) is 5.65. The van der Waals surface area contributed by atoms with Gasteiger partial charge in [0.25, 0.3) is 15.2 Å². The Morgan fingerprint density at radius 2 is 1.90 bits per heavy atom. The predicted molar refractivity (Wildman–Crippen MR) is 67.1 cm³/mol. The standard InChI is InChI=1S/C11H12F2N4O2S/c1-6(2)17-10(15-16-11(17)20(14,18)19)8-5-7(12)3-4-9(8)13/h3-6H,1-2H3,(H2,14,18,19). The Bertz CT molecular complexity index is 756. The Morgan fingerprint density at radius 3 is 2.45 bits per heavy atom. The molecule has 0 aliphatic heterocycles. The molecule has 0 aliphatic rings. The number of rotatable bonds is 3. The van der Waals surface area contributed by atoms with Crippen LogP contribution in [0.25, 0.3) is 11.4 Å².